The lowest BCUT2D eigenvalue weighted by atomic mass is 10.0. The molecule has 0 aliphatic carbocycles. The molecule has 1 unspecified atom stereocenters. The summed E-state index contributed by atoms with van der Waals surface area (Å²) in [4.78, 5) is 31.2. The Labute approximate surface area is 159 Å². The summed E-state index contributed by atoms with van der Waals surface area (Å²) in [5, 5.41) is 7.02. The molecule has 2 heterocycles. The predicted molar refractivity (Wildman–Crippen MR) is 99.8 cm³/mol. The molecule has 1 aliphatic heterocycles. The zero-order valence-electron chi connectivity index (χ0n) is 16.2. The van der Waals surface area contributed by atoms with Gasteiger partial charge in [-0.25, -0.2) is 0 Å². The highest BCUT2D eigenvalue weighted by atomic mass is 16.5. The van der Waals surface area contributed by atoms with E-state index in [1.165, 1.54) is 0 Å². The fourth-order valence-electron chi connectivity index (χ4n) is 3.24. The van der Waals surface area contributed by atoms with Gasteiger partial charge in [-0.15, -0.1) is 0 Å². The van der Waals surface area contributed by atoms with Gasteiger partial charge >= 0.3 is 0 Å². The quantitative estimate of drug-likeness (QED) is 0.874. The van der Waals surface area contributed by atoms with Crippen molar-refractivity contribution in [2.75, 3.05) is 6.54 Å². The first kappa shape index (κ1) is 19.1. The van der Waals surface area contributed by atoms with Crippen molar-refractivity contribution in [2.24, 2.45) is 5.92 Å². The lowest BCUT2D eigenvalue weighted by molar-refractivity contribution is -0.135. The Hall–Kier alpha value is -2.70. The second kappa shape index (κ2) is 7.50. The van der Waals surface area contributed by atoms with Gasteiger partial charge in [0.25, 0.3) is 5.91 Å². The molecule has 0 saturated carbocycles. The van der Waals surface area contributed by atoms with Crippen LogP contribution in [0, 0.1) is 5.92 Å². The molecule has 0 bridgehead atoms. The number of amides is 2. The standard InChI is InChI=1S/C20H26N4O3/c1-13(2)18(26)24-12-8-11-15(24)17-21-19(23-27-17)20(3,4)22-16(25)14-9-6-5-7-10-14/h5-7,9-10,13,15H,8,11-12H2,1-4H3,(H,22,25). The SMILES string of the molecule is CC(C)C(=O)N1CCCC1c1nc(C(C)(C)NC(=O)c2ccccc2)no1. The summed E-state index contributed by atoms with van der Waals surface area (Å²) in [5.41, 5.74) is -0.237. The predicted octanol–water partition coefficient (Wildman–Crippen LogP) is 3.05. The lowest BCUT2D eigenvalue weighted by Crippen LogP contribution is -2.42. The minimum absolute atomic E-state index is 0.0745. The van der Waals surface area contributed by atoms with Gasteiger partial charge in [0.1, 0.15) is 6.04 Å². The molecular weight excluding hydrogens is 344 g/mol. The van der Waals surface area contributed by atoms with Gasteiger partial charge in [0.2, 0.25) is 11.8 Å². The van der Waals surface area contributed by atoms with Crippen molar-refractivity contribution in [3.8, 4) is 0 Å². The first-order valence-corrected chi connectivity index (χ1v) is 9.31. The molecule has 2 amide bonds. The number of nitrogens with one attached hydrogen (secondary N) is 1. The Kier molecular flexibility index (Phi) is 5.30. The van der Waals surface area contributed by atoms with Crippen LogP contribution in [-0.2, 0) is 10.3 Å². The average molecular weight is 370 g/mol. The van der Waals surface area contributed by atoms with Crippen LogP contribution in [0.25, 0.3) is 0 Å². The van der Waals surface area contributed by atoms with E-state index in [0.717, 1.165) is 12.8 Å². The molecule has 3 rings (SSSR count). The van der Waals surface area contributed by atoms with Gasteiger partial charge in [0.15, 0.2) is 5.82 Å². The van der Waals surface area contributed by atoms with Crippen molar-refractivity contribution in [3.05, 3.63) is 47.6 Å². The summed E-state index contributed by atoms with van der Waals surface area (Å²) >= 11 is 0. The van der Waals surface area contributed by atoms with E-state index in [2.05, 4.69) is 15.5 Å². The van der Waals surface area contributed by atoms with Crippen LogP contribution in [0.5, 0.6) is 0 Å². The van der Waals surface area contributed by atoms with E-state index in [-0.39, 0.29) is 23.8 Å². The number of likely N-dealkylation sites (tertiary alicyclic amines) is 1. The molecule has 2 aromatic rings. The molecular formula is C20H26N4O3. The second-order valence-corrected chi connectivity index (χ2v) is 7.75. The zero-order valence-corrected chi connectivity index (χ0v) is 16.2. The van der Waals surface area contributed by atoms with Gasteiger partial charge < -0.3 is 14.7 Å². The van der Waals surface area contributed by atoms with Crippen LogP contribution in [-0.4, -0.2) is 33.4 Å². The smallest absolute Gasteiger partial charge is 0.252 e. The molecule has 144 valence electrons. The van der Waals surface area contributed by atoms with Gasteiger partial charge in [-0.2, -0.15) is 4.98 Å². The molecule has 0 radical (unpaired) electrons. The molecule has 1 aromatic heterocycles. The fourth-order valence-corrected chi connectivity index (χ4v) is 3.24. The number of nitrogens with zero attached hydrogens (tertiary/aromatic N) is 3. The molecule has 27 heavy (non-hydrogen) atoms. The maximum absolute atomic E-state index is 12.5. The Morgan fingerprint density at radius 1 is 1.26 bits per heavy atom. The van der Waals surface area contributed by atoms with Gasteiger partial charge in [-0.05, 0) is 38.8 Å². The Bertz CT molecular complexity index is 814. The van der Waals surface area contributed by atoms with Gasteiger partial charge in [-0.1, -0.05) is 37.2 Å². The molecule has 1 N–H and O–H groups in total. The van der Waals surface area contributed by atoms with E-state index in [4.69, 9.17) is 4.52 Å². The summed E-state index contributed by atoms with van der Waals surface area (Å²) in [7, 11) is 0. The Morgan fingerprint density at radius 3 is 2.63 bits per heavy atom. The van der Waals surface area contributed by atoms with Crippen LogP contribution in [0.3, 0.4) is 0 Å². The molecule has 7 nitrogen and oxygen atoms in total. The second-order valence-electron chi connectivity index (χ2n) is 7.75. The van der Waals surface area contributed by atoms with E-state index < -0.39 is 5.54 Å². The molecule has 7 heteroatoms. The highest BCUT2D eigenvalue weighted by Crippen LogP contribution is 2.33. The molecule has 0 spiro atoms. The number of rotatable bonds is 5. The number of hydrogen-bond acceptors (Lipinski definition) is 5. The van der Waals surface area contributed by atoms with Crippen LogP contribution in [0.4, 0.5) is 0 Å². The number of carbonyl (C=O) groups excluding carboxylic acids is 2. The Balaban J connectivity index is 1.76. The summed E-state index contributed by atoms with van der Waals surface area (Å²) < 4.78 is 5.48. The normalized spacial score (nSPS) is 17.4. The largest absolute Gasteiger partial charge is 0.340 e. The number of carbonyl (C=O) groups is 2. The summed E-state index contributed by atoms with van der Waals surface area (Å²) in [6.45, 7) is 8.13. The topological polar surface area (TPSA) is 88.3 Å². The van der Waals surface area contributed by atoms with Crippen LogP contribution in [0.1, 0.15) is 68.7 Å². The van der Waals surface area contributed by atoms with E-state index in [0.29, 0.717) is 23.8 Å². The molecule has 1 aliphatic rings. The van der Waals surface area contributed by atoms with Crippen LogP contribution >= 0.6 is 0 Å². The maximum Gasteiger partial charge on any atom is 0.252 e. The first-order valence-electron chi connectivity index (χ1n) is 9.31. The first-order chi connectivity index (χ1) is 12.8. The molecule has 1 saturated heterocycles. The highest BCUT2D eigenvalue weighted by molar-refractivity contribution is 5.94. The van der Waals surface area contributed by atoms with Gasteiger partial charge in [0.05, 0.1) is 5.54 Å². The van der Waals surface area contributed by atoms with Crippen molar-refractivity contribution in [1.82, 2.24) is 20.4 Å². The molecule has 1 fully saturated rings. The highest BCUT2D eigenvalue weighted by Gasteiger charge is 2.37. The Morgan fingerprint density at radius 2 is 1.96 bits per heavy atom. The lowest BCUT2D eigenvalue weighted by Gasteiger charge is -2.24. The minimum atomic E-state index is -0.805. The molecule has 1 atom stereocenters. The van der Waals surface area contributed by atoms with Crippen LogP contribution in [0.15, 0.2) is 34.9 Å². The van der Waals surface area contributed by atoms with Crippen molar-refractivity contribution in [3.63, 3.8) is 0 Å². The monoisotopic (exact) mass is 370 g/mol. The minimum Gasteiger partial charge on any atom is -0.340 e. The number of benzene rings is 1. The maximum atomic E-state index is 12.5. The van der Waals surface area contributed by atoms with Crippen molar-refractivity contribution in [2.45, 2.75) is 52.1 Å². The van der Waals surface area contributed by atoms with Crippen molar-refractivity contribution >= 4 is 11.8 Å². The van der Waals surface area contributed by atoms with E-state index in [9.17, 15) is 9.59 Å². The number of aromatic nitrogens is 2. The van der Waals surface area contributed by atoms with E-state index in [1.54, 1.807) is 12.1 Å². The third kappa shape index (κ3) is 4.02. The van der Waals surface area contributed by atoms with Crippen molar-refractivity contribution < 1.29 is 14.1 Å². The van der Waals surface area contributed by atoms with E-state index >= 15 is 0 Å². The summed E-state index contributed by atoms with van der Waals surface area (Å²) in [6.07, 6.45) is 1.71. The van der Waals surface area contributed by atoms with Crippen molar-refractivity contribution in [1.29, 1.82) is 0 Å². The third-order valence-corrected chi connectivity index (χ3v) is 4.78. The summed E-state index contributed by atoms with van der Waals surface area (Å²) in [5.74, 6) is 0.636. The van der Waals surface area contributed by atoms with Gasteiger partial charge in [-0.3, -0.25) is 9.59 Å². The molecule has 1 aromatic carbocycles. The number of hydrogen-bond donors (Lipinski definition) is 1. The van der Waals surface area contributed by atoms with E-state index in [1.807, 2.05) is 50.8 Å². The zero-order chi connectivity index (χ0) is 19.6. The van der Waals surface area contributed by atoms with Crippen LogP contribution < -0.4 is 5.32 Å². The third-order valence-electron chi connectivity index (χ3n) is 4.78. The fraction of sp³-hybridized carbons (Fsp3) is 0.500. The van der Waals surface area contributed by atoms with Crippen LogP contribution in [0.2, 0.25) is 0 Å². The summed E-state index contributed by atoms with van der Waals surface area (Å²) in [6, 6.07) is 8.80. The van der Waals surface area contributed by atoms with Gasteiger partial charge in [0, 0.05) is 18.0 Å². The average Bonchev–Trinajstić information content (AvgIpc) is 3.30.